The van der Waals surface area contributed by atoms with Crippen LogP contribution >= 0.6 is 0 Å². The monoisotopic (exact) mass is 408 g/mol. The summed E-state index contributed by atoms with van der Waals surface area (Å²) in [5.41, 5.74) is 2.09. The Morgan fingerprint density at radius 2 is 2.00 bits per heavy atom. The lowest BCUT2D eigenvalue weighted by molar-refractivity contribution is 0.0138. The summed E-state index contributed by atoms with van der Waals surface area (Å²) in [6, 6.07) is 15.4. The topological polar surface area (TPSA) is 64.4 Å². The molecule has 5 nitrogen and oxygen atoms in total. The molecule has 4 rings (SSSR count). The van der Waals surface area contributed by atoms with Crippen LogP contribution < -0.4 is 10.1 Å². The van der Waals surface area contributed by atoms with Gasteiger partial charge in [0.25, 0.3) is 5.91 Å². The van der Waals surface area contributed by atoms with Crippen molar-refractivity contribution in [3.8, 4) is 17.1 Å². The van der Waals surface area contributed by atoms with Crippen LogP contribution in [0.5, 0.6) is 5.75 Å². The van der Waals surface area contributed by atoms with E-state index in [1.165, 1.54) is 12.1 Å². The van der Waals surface area contributed by atoms with Crippen LogP contribution in [0.15, 0.2) is 59.1 Å². The number of benzene rings is 2. The molecule has 0 aliphatic heterocycles. The highest BCUT2D eigenvalue weighted by molar-refractivity contribution is 5.94. The van der Waals surface area contributed by atoms with E-state index in [1.807, 2.05) is 30.3 Å². The normalized spacial score (nSPS) is 19.7. The third kappa shape index (κ3) is 3.95. The third-order valence-corrected chi connectivity index (χ3v) is 6.25. The van der Waals surface area contributed by atoms with Gasteiger partial charge in [-0.3, -0.25) is 4.79 Å². The molecular weight excluding hydrogens is 383 g/mol. The zero-order valence-corrected chi connectivity index (χ0v) is 17.3. The van der Waals surface area contributed by atoms with Crippen molar-refractivity contribution in [3.05, 3.63) is 71.7 Å². The van der Waals surface area contributed by atoms with E-state index in [2.05, 4.69) is 24.3 Å². The number of hydrogen-bond donors (Lipinski definition) is 1. The zero-order chi connectivity index (χ0) is 21.3. The average molecular weight is 408 g/mol. The number of carbonyl (C=O) groups excluding carboxylic acids is 1. The number of carbonyl (C=O) groups is 1. The van der Waals surface area contributed by atoms with Gasteiger partial charge in [-0.2, -0.15) is 0 Å². The summed E-state index contributed by atoms with van der Waals surface area (Å²) < 4.78 is 24.1. The second kappa shape index (κ2) is 7.94. The SMILES string of the molecule is COc1ccc(-c2cc(CC3CC(NC(=O)c4cccc(F)c4)C3(C)C)no2)cc1. The van der Waals surface area contributed by atoms with Crippen LogP contribution in [0.25, 0.3) is 11.3 Å². The molecule has 1 aliphatic carbocycles. The second-order valence-electron chi connectivity index (χ2n) is 8.41. The maximum Gasteiger partial charge on any atom is 0.251 e. The number of nitrogens with one attached hydrogen (secondary N) is 1. The van der Waals surface area contributed by atoms with Crippen LogP contribution in [-0.2, 0) is 6.42 Å². The Bertz CT molecular complexity index is 1040. The lowest BCUT2D eigenvalue weighted by atomic mass is 9.57. The minimum absolute atomic E-state index is 0.0335. The fraction of sp³-hybridized carbons (Fsp3) is 0.333. The number of ether oxygens (including phenoxy) is 1. The number of halogens is 1. The van der Waals surface area contributed by atoms with E-state index in [9.17, 15) is 9.18 Å². The lowest BCUT2D eigenvalue weighted by Gasteiger charge is -2.52. The molecule has 0 radical (unpaired) electrons. The summed E-state index contributed by atoms with van der Waals surface area (Å²) in [5.74, 6) is 1.23. The van der Waals surface area contributed by atoms with Crippen molar-refractivity contribution in [2.75, 3.05) is 7.11 Å². The maximum atomic E-state index is 13.4. The molecule has 0 spiro atoms. The Balaban J connectivity index is 1.37. The average Bonchev–Trinajstić information content (AvgIpc) is 3.21. The highest BCUT2D eigenvalue weighted by atomic mass is 19.1. The fourth-order valence-corrected chi connectivity index (χ4v) is 4.03. The van der Waals surface area contributed by atoms with Gasteiger partial charge in [0.15, 0.2) is 5.76 Å². The Kier molecular flexibility index (Phi) is 5.33. The summed E-state index contributed by atoms with van der Waals surface area (Å²) in [4.78, 5) is 12.4. The van der Waals surface area contributed by atoms with E-state index < -0.39 is 5.82 Å². The number of hydrogen-bond acceptors (Lipinski definition) is 4. The molecule has 1 heterocycles. The first-order valence-electron chi connectivity index (χ1n) is 10.0. The van der Waals surface area contributed by atoms with Crippen molar-refractivity contribution in [2.45, 2.75) is 32.7 Å². The number of nitrogens with zero attached hydrogens (tertiary/aromatic N) is 1. The molecule has 1 fully saturated rings. The quantitative estimate of drug-likeness (QED) is 0.632. The van der Waals surface area contributed by atoms with Gasteiger partial charge in [-0.25, -0.2) is 4.39 Å². The van der Waals surface area contributed by atoms with E-state index in [-0.39, 0.29) is 17.4 Å². The molecule has 2 aromatic carbocycles. The van der Waals surface area contributed by atoms with E-state index in [0.717, 1.165) is 35.6 Å². The molecule has 0 bridgehead atoms. The van der Waals surface area contributed by atoms with Gasteiger partial charge in [-0.05, 0) is 66.6 Å². The van der Waals surface area contributed by atoms with Crippen LogP contribution in [0.2, 0.25) is 0 Å². The van der Waals surface area contributed by atoms with E-state index in [0.29, 0.717) is 11.5 Å². The van der Waals surface area contributed by atoms with Crippen LogP contribution in [0.1, 0.15) is 36.3 Å². The number of aromatic nitrogens is 1. The third-order valence-electron chi connectivity index (χ3n) is 6.25. The molecule has 1 aromatic heterocycles. The maximum absolute atomic E-state index is 13.4. The first kappa shape index (κ1) is 20.1. The van der Waals surface area contributed by atoms with Gasteiger partial charge in [0.05, 0.1) is 12.8 Å². The standard InChI is InChI=1S/C24H25FN2O3/c1-24(2)17(13-22(24)26-23(28)16-5-4-6-18(25)11-16)12-19-14-21(30-27-19)15-7-9-20(29-3)10-8-15/h4-11,14,17,22H,12-13H2,1-3H3,(H,26,28). The molecule has 1 aliphatic rings. The van der Waals surface area contributed by atoms with Crippen molar-refractivity contribution in [1.29, 1.82) is 0 Å². The first-order valence-corrected chi connectivity index (χ1v) is 10.0. The molecule has 156 valence electrons. The number of rotatable bonds is 6. The van der Waals surface area contributed by atoms with Crippen molar-refractivity contribution >= 4 is 5.91 Å². The van der Waals surface area contributed by atoms with Gasteiger partial charge in [0.2, 0.25) is 0 Å². The van der Waals surface area contributed by atoms with Gasteiger partial charge in [0, 0.05) is 23.2 Å². The molecule has 0 saturated heterocycles. The largest absolute Gasteiger partial charge is 0.497 e. The predicted octanol–water partition coefficient (Wildman–Crippen LogP) is 4.88. The van der Waals surface area contributed by atoms with Gasteiger partial charge >= 0.3 is 0 Å². The number of methoxy groups -OCH3 is 1. The molecule has 2 unspecified atom stereocenters. The predicted molar refractivity (Wildman–Crippen MR) is 112 cm³/mol. The van der Waals surface area contributed by atoms with E-state index in [4.69, 9.17) is 9.26 Å². The zero-order valence-electron chi connectivity index (χ0n) is 17.3. The van der Waals surface area contributed by atoms with Gasteiger partial charge in [-0.1, -0.05) is 25.1 Å². The molecular formula is C24H25FN2O3. The number of amides is 1. The fourth-order valence-electron chi connectivity index (χ4n) is 4.03. The van der Waals surface area contributed by atoms with Gasteiger partial charge < -0.3 is 14.6 Å². The van der Waals surface area contributed by atoms with Crippen LogP contribution in [0.4, 0.5) is 4.39 Å². The smallest absolute Gasteiger partial charge is 0.251 e. The highest BCUT2D eigenvalue weighted by Crippen LogP contribution is 2.48. The molecule has 1 amide bonds. The summed E-state index contributed by atoms with van der Waals surface area (Å²) in [6.45, 7) is 4.28. The Morgan fingerprint density at radius 1 is 1.23 bits per heavy atom. The lowest BCUT2D eigenvalue weighted by Crippen LogP contribution is -2.58. The van der Waals surface area contributed by atoms with Crippen LogP contribution in [0, 0.1) is 17.2 Å². The molecule has 2 atom stereocenters. The van der Waals surface area contributed by atoms with Crippen molar-refractivity contribution in [3.63, 3.8) is 0 Å². The molecule has 3 aromatic rings. The summed E-state index contributed by atoms with van der Waals surface area (Å²) in [6.07, 6.45) is 1.62. The Hall–Kier alpha value is -3.15. The van der Waals surface area contributed by atoms with Gasteiger partial charge in [-0.15, -0.1) is 0 Å². The molecule has 6 heteroatoms. The molecule has 1 N–H and O–H groups in total. The van der Waals surface area contributed by atoms with Crippen LogP contribution in [-0.4, -0.2) is 24.2 Å². The molecule has 30 heavy (non-hydrogen) atoms. The van der Waals surface area contributed by atoms with Crippen LogP contribution in [0.3, 0.4) is 0 Å². The van der Waals surface area contributed by atoms with Crippen molar-refractivity contribution in [1.82, 2.24) is 10.5 Å². The van der Waals surface area contributed by atoms with Crippen molar-refractivity contribution < 1.29 is 18.4 Å². The first-order chi connectivity index (χ1) is 14.4. The van der Waals surface area contributed by atoms with E-state index >= 15 is 0 Å². The Morgan fingerprint density at radius 3 is 2.67 bits per heavy atom. The highest BCUT2D eigenvalue weighted by Gasteiger charge is 2.48. The van der Waals surface area contributed by atoms with E-state index in [1.54, 1.807) is 19.2 Å². The summed E-state index contributed by atoms with van der Waals surface area (Å²) >= 11 is 0. The second-order valence-corrected chi connectivity index (χ2v) is 8.41. The van der Waals surface area contributed by atoms with Crippen molar-refractivity contribution in [2.24, 2.45) is 11.3 Å². The minimum Gasteiger partial charge on any atom is -0.497 e. The summed E-state index contributed by atoms with van der Waals surface area (Å²) in [7, 11) is 1.63. The van der Waals surface area contributed by atoms with Gasteiger partial charge in [0.1, 0.15) is 11.6 Å². The Labute approximate surface area is 175 Å². The molecule has 1 saturated carbocycles. The minimum atomic E-state index is -0.410. The summed E-state index contributed by atoms with van der Waals surface area (Å²) in [5, 5.41) is 7.28.